The Hall–Kier alpha value is -2.03. The number of hydrogen-bond donors (Lipinski definition) is 3. The highest BCUT2D eigenvalue weighted by Crippen LogP contribution is 2.31. The SMILES string of the molecule is CC(C)(O)COc1ccc([C@@H](O)[C@@H](CN2CCCC2)NC(=O)C2CCN(c3ccc(Cl)cc3)C2)cc1Cl. The van der Waals surface area contributed by atoms with Gasteiger partial charge in [-0.05, 0) is 88.2 Å². The van der Waals surface area contributed by atoms with Crippen LogP contribution in [-0.2, 0) is 4.79 Å². The number of aliphatic hydroxyl groups excluding tert-OH is 1. The van der Waals surface area contributed by atoms with Crippen LogP contribution in [-0.4, -0.2) is 72.0 Å². The normalized spacial score (nSPS) is 20.2. The molecule has 2 aromatic rings. The van der Waals surface area contributed by atoms with Crippen LogP contribution in [0.2, 0.25) is 10.0 Å². The summed E-state index contributed by atoms with van der Waals surface area (Å²) in [4.78, 5) is 17.8. The van der Waals surface area contributed by atoms with E-state index < -0.39 is 17.7 Å². The molecule has 1 amide bonds. The second-order valence-electron chi connectivity index (χ2n) is 10.8. The van der Waals surface area contributed by atoms with E-state index in [-0.39, 0.29) is 18.4 Å². The predicted molar refractivity (Wildman–Crippen MR) is 148 cm³/mol. The molecule has 2 fully saturated rings. The maximum absolute atomic E-state index is 13.3. The minimum absolute atomic E-state index is 0.0454. The van der Waals surface area contributed by atoms with Crippen molar-refractivity contribution in [2.75, 3.05) is 44.2 Å². The third kappa shape index (κ3) is 7.74. The molecule has 2 aliphatic heterocycles. The highest BCUT2D eigenvalue weighted by atomic mass is 35.5. The van der Waals surface area contributed by atoms with E-state index in [0.29, 0.717) is 34.4 Å². The summed E-state index contributed by atoms with van der Waals surface area (Å²) in [6.07, 6.45) is 2.06. The van der Waals surface area contributed by atoms with Crippen LogP contribution in [0.15, 0.2) is 42.5 Å². The molecule has 7 nitrogen and oxygen atoms in total. The summed E-state index contributed by atoms with van der Waals surface area (Å²) in [5.41, 5.74) is 0.671. The van der Waals surface area contributed by atoms with Crippen molar-refractivity contribution in [3.05, 3.63) is 58.1 Å². The molecular formula is C28H37Cl2N3O4. The molecule has 3 N–H and O–H groups in total. The van der Waals surface area contributed by atoms with Crippen LogP contribution in [0.1, 0.15) is 44.8 Å². The molecule has 3 atom stereocenters. The number of ether oxygens (including phenoxy) is 1. The van der Waals surface area contributed by atoms with Crippen LogP contribution in [0, 0.1) is 5.92 Å². The van der Waals surface area contributed by atoms with E-state index >= 15 is 0 Å². The molecule has 2 aromatic carbocycles. The minimum Gasteiger partial charge on any atom is -0.489 e. The average molecular weight is 551 g/mol. The van der Waals surface area contributed by atoms with Gasteiger partial charge in [0.1, 0.15) is 18.5 Å². The van der Waals surface area contributed by atoms with E-state index in [1.807, 2.05) is 24.3 Å². The number of anilines is 1. The zero-order valence-corrected chi connectivity index (χ0v) is 23.0. The van der Waals surface area contributed by atoms with Gasteiger partial charge in [0.25, 0.3) is 0 Å². The Labute approximate surface area is 229 Å². The lowest BCUT2D eigenvalue weighted by atomic mass is 10.00. The Balaban J connectivity index is 1.43. The fourth-order valence-corrected chi connectivity index (χ4v) is 5.30. The van der Waals surface area contributed by atoms with Crippen molar-refractivity contribution in [1.29, 1.82) is 0 Å². The highest BCUT2D eigenvalue weighted by molar-refractivity contribution is 6.32. The van der Waals surface area contributed by atoms with Gasteiger partial charge < -0.3 is 30.1 Å². The summed E-state index contributed by atoms with van der Waals surface area (Å²) in [6, 6.07) is 12.3. The van der Waals surface area contributed by atoms with Crippen molar-refractivity contribution in [3.8, 4) is 5.75 Å². The number of rotatable bonds is 10. The monoisotopic (exact) mass is 549 g/mol. The molecule has 0 radical (unpaired) electrons. The molecule has 9 heteroatoms. The van der Waals surface area contributed by atoms with Crippen molar-refractivity contribution in [2.45, 2.75) is 50.9 Å². The molecular weight excluding hydrogens is 513 g/mol. The highest BCUT2D eigenvalue weighted by Gasteiger charge is 2.33. The van der Waals surface area contributed by atoms with Crippen molar-refractivity contribution < 1.29 is 19.7 Å². The van der Waals surface area contributed by atoms with Gasteiger partial charge in [0.05, 0.1) is 22.6 Å². The first-order valence-corrected chi connectivity index (χ1v) is 13.7. The number of nitrogens with zero attached hydrogens (tertiary/aromatic N) is 2. The fourth-order valence-electron chi connectivity index (χ4n) is 4.93. The first-order chi connectivity index (χ1) is 17.6. The molecule has 2 heterocycles. The molecule has 0 spiro atoms. The molecule has 37 heavy (non-hydrogen) atoms. The van der Waals surface area contributed by atoms with Crippen LogP contribution in [0.25, 0.3) is 0 Å². The van der Waals surface area contributed by atoms with Gasteiger partial charge in [-0.3, -0.25) is 4.79 Å². The van der Waals surface area contributed by atoms with Gasteiger partial charge >= 0.3 is 0 Å². The van der Waals surface area contributed by atoms with Gasteiger partial charge in [0, 0.05) is 30.3 Å². The van der Waals surface area contributed by atoms with E-state index in [1.165, 1.54) is 0 Å². The summed E-state index contributed by atoms with van der Waals surface area (Å²) in [6.45, 7) is 7.30. The number of carbonyl (C=O) groups excluding carboxylic acids is 1. The lowest BCUT2D eigenvalue weighted by Gasteiger charge is -2.30. The molecule has 0 saturated carbocycles. The summed E-state index contributed by atoms with van der Waals surface area (Å²) < 4.78 is 5.64. The summed E-state index contributed by atoms with van der Waals surface area (Å²) in [5, 5.41) is 25.5. The Kier molecular flexibility index (Phi) is 9.24. The Bertz CT molecular complexity index is 1050. The number of carbonyl (C=O) groups is 1. The molecule has 202 valence electrons. The van der Waals surface area contributed by atoms with Crippen molar-refractivity contribution in [3.63, 3.8) is 0 Å². The van der Waals surface area contributed by atoms with Crippen LogP contribution >= 0.6 is 23.2 Å². The molecule has 0 aliphatic carbocycles. The lowest BCUT2D eigenvalue weighted by Crippen LogP contribution is -2.48. The van der Waals surface area contributed by atoms with Crippen molar-refractivity contribution >= 4 is 34.8 Å². The second kappa shape index (κ2) is 12.2. The van der Waals surface area contributed by atoms with Gasteiger partial charge in [0.2, 0.25) is 5.91 Å². The summed E-state index contributed by atoms with van der Waals surface area (Å²) >= 11 is 12.5. The lowest BCUT2D eigenvalue weighted by molar-refractivity contribution is -0.126. The van der Waals surface area contributed by atoms with Crippen molar-refractivity contribution in [1.82, 2.24) is 10.2 Å². The maximum atomic E-state index is 13.3. The minimum atomic E-state index is -0.990. The maximum Gasteiger partial charge on any atom is 0.225 e. The smallest absolute Gasteiger partial charge is 0.225 e. The molecule has 0 aromatic heterocycles. The van der Waals surface area contributed by atoms with E-state index in [1.54, 1.807) is 32.0 Å². The Morgan fingerprint density at radius 2 is 1.84 bits per heavy atom. The first kappa shape index (κ1) is 28.0. The molecule has 0 bridgehead atoms. The van der Waals surface area contributed by atoms with Gasteiger partial charge in [0.15, 0.2) is 0 Å². The summed E-state index contributed by atoms with van der Waals surface area (Å²) in [5.74, 6) is 0.231. The number of hydrogen-bond acceptors (Lipinski definition) is 6. The average Bonchev–Trinajstić information content (AvgIpc) is 3.55. The van der Waals surface area contributed by atoms with Gasteiger partial charge in [-0.2, -0.15) is 0 Å². The fraction of sp³-hybridized carbons (Fsp3) is 0.536. The van der Waals surface area contributed by atoms with E-state index in [0.717, 1.165) is 44.6 Å². The number of likely N-dealkylation sites (tertiary alicyclic amines) is 1. The largest absolute Gasteiger partial charge is 0.489 e. The van der Waals surface area contributed by atoms with Crippen LogP contribution in [0.3, 0.4) is 0 Å². The van der Waals surface area contributed by atoms with Gasteiger partial charge in [-0.15, -0.1) is 0 Å². The standard InChI is InChI=1S/C28H37Cl2N3O4/c1-28(2,36)18-37-25-10-5-19(15-23(25)30)26(34)24(17-32-12-3-4-13-32)31-27(35)20-11-14-33(16-20)22-8-6-21(29)7-9-22/h5-10,15,20,24,26,34,36H,3-4,11-14,16-18H2,1-2H3,(H,31,35)/t20?,24-,26-/m1/s1. The van der Waals surface area contributed by atoms with E-state index in [9.17, 15) is 15.0 Å². The third-order valence-electron chi connectivity index (χ3n) is 6.99. The second-order valence-corrected chi connectivity index (χ2v) is 11.6. The zero-order chi connectivity index (χ0) is 26.6. The Morgan fingerprint density at radius 3 is 2.49 bits per heavy atom. The quantitative estimate of drug-likeness (QED) is 0.410. The zero-order valence-electron chi connectivity index (χ0n) is 21.5. The van der Waals surface area contributed by atoms with Crippen molar-refractivity contribution in [2.24, 2.45) is 5.92 Å². The number of benzene rings is 2. The van der Waals surface area contributed by atoms with Gasteiger partial charge in [-0.1, -0.05) is 29.3 Å². The van der Waals surface area contributed by atoms with Crippen LogP contribution < -0.4 is 15.0 Å². The molecule has 1 unspecified atom stereocenters. The van der Waals surface area contributed by atoms with Crippen LogP contribution in [0.4, 0.5) is 5.69 Å². The third-order valence-corrected chi connectivity index (χ3v) is 7.54. The first-order valence-electron chi connectivity index (χ1n) is 12.9. The van der Waals surface area contributed by atoms with Crippen LogP contribution in [0.5, 0.6) is 5.75 Å². The van der Waals surface area contributed by atoms with Gasteiger partial charge in [-0.25, -0.2) is 0 Å². The number of nitrogens with one attached hydrogen (secondary N) is 1. The predicted octanol–water partition coefficient (Wildman–Crippen LogP) is 4.28. The Morgan fingerprint density at radius 1 is 1.14 bits per heavy atom. The molecule has 2 aliphatic rings. The number of amides is 1. The topological polar surface area (TPSA) is 85.3 Å². The van der Waals surface area contributed by atoms with E-state index in [2.05, 4.69) is 15.1 Å². The summed E-state index contributed by atoms with van der Waals surface area (Å²) in [7, 11) is 0. The number of halogens is 2. The number of aliphatic hydroxyl groups is 2. The molecule has 2 saturated heterocycles. The molecule has 4 rings (SSSR count). The van der Waals surface area contributed by atoms with E-state index in [4.69, 9.17) is 27.9 Å².